The van der Waals surface area contributed by atoms with Crippen LogP contribution in [0.1, 0.15) is 0 Å². The monoisotopic (exact) mass is 360 g/mol. The standard InChI is InChI=1S/C19H20N2O3.ClH/c1-24-18-9-5-8-15-17(20-11-14(23)12-22)10-16(21-19(15)18)13-6-3-2-4-7-13;/h2-10,14,22-23H,11-12H2,1H3,(H,20,21);1H/t14-;/m0./s1. The first kappa shape index (κ1) is 19.0. The molecule has 132 valence electrons. The van der Waals surface area contributed by atoms with Crippen molar-refractivity contribution >= 4 is 29.0 Å². The third-order valence-corrected chi connectivity index (χ3v) is 3.83. The average molecular weight is 361 g/mol. The van der Waals surface area contributed by atoms with Gasteiger partial charge in [0.25, 0.3) is 0 Å². The Hall–Kier alpha value is -2.34. The van der Waals surface area contributed by atoms with E-state index in [4.69, 9.17) is 14.8 Å². The molecular formula is C19H21ClN2O3. The number of benzene rings is 2. The lowest BCUT2D eigenvalue weighted by Crippen LogP contribution is -2.23. The van der Waals surface area contributed by atoms with Crippen molar-refractivity contribution in [3.63, 3.8) is 0 Å². The molecule has 0 fully saturated rings. The molecule has 0 aliphatic carbocycles. The maximum absolute atomic E-state index is 9.63. The lowest BCUT2D eigenvalue weighted by atomic mass is 10.1. The van der Waals surface area contributed by atoms with Gasteiger partial charge in [0, 0.05) is 23.2 Å². The molecule has 0 aliphatic rings. The number of fused-ring (bicyclic) bond motifs is 1. The molecule has 1 aromatic heterocycles. The maximum Gasteiger partial charge on any atom is 0.145 e. The van der Waals surface area contributed by atoms with Gasteiger partial charge in [0.05, 0.1) is 25.5 Å². The molecule has 2 aromatic carbocycles. The lowest BCUT2D eigenvalue weighted by molar-refractivity contribution is 0.105. The SMILES string of the molecule is COc1cccc2c(NC[C@H](O)CO)cc(-c3ccccc3)nc12.Cl. The fraction of sp³-hybridized carbons (Fsp3) is 0.211. The molecular weight excluding hydrogens is 340 g/mol. The highest BCUT2D eigenvalue weighted by atomic mass is 35.5. The molecule has 3 N–H and O–H groups in total. The van der Waals surface area contributed by atoms with E-state index < -0.39 is 6.10 Å². The second kappa shape index (κ2) is 8.67. The number of nitrogens with zero attached hydrogens (tertiary/aromatic N) is 1. The number of halogens is 1. The van der Waals surface area contributed by atoms with Gasteiger partial charge in [-0.05, 0) is 12.1 Å². The van der Waals surface area contributed by atoms with Crippen LogP contribution in [-0.2, 0) is 0 Å². The van der Waals surface area contributed by atoms with E-state index in [9.17, 15) is 5.11 Å². The average Bonchev–Trinajstić information content (AvgIpc) is 2.65. The first-order chi connectivity index (χ1) is 11.7. The zero-order chi connectivity index (χ0) is 16.9. The molecule has 3 rings (SSSR count). The van der Waals surface area contributed by atoms with E-state index in [1.165, 1.54) is 0 Å². The number of methoxy groups -OCH3 is 1. The van der Waals surface area contributed by atoms with Gasteiger partial charge in [0.15, 0.2) is 0 Å². The number of hydrogen-bond acceptors (Lipinski definition) is 5. The summed E-state index contributed by atoms with van der Waals surface area (Å²) in [6.07, 6.45) is -0.820. The van der Waals surface area contributed by atoms with Crippen molar-refractivity contribution in [1.82, 2.24) is 4.98 Å². The van der Waals surface area contributed by atoms with Crippen molar-refractivity contribution in [3.05, 3.63) is 54.6 Å². The molecule has 3 aromatic rings. The quantitative estimate of drug-likeness (QED) is 0.630. The van der Waals surface area contributed by atoms with Crippen molar-refractivity contribution in [3.8, 4) is 17.0 Å². The Bertz CT molecular complexity index is 828. The fourth-order valence-electron chi connectivity index (χ4n) is 2.58. The van der Waals surface area contributed by atoms with E-state index in [0.717, 1.165) is 27.8 Å². The Morgan fingerprint density at radius 1 is 1.12 bits per heavy atom. The van der Waals surface area contributed by atoms with Gasteiger partial charge in [0.1, 0.15) is 11.3 Å². The Balaban J connectivity index is 0.00000225. The summed E-state index contributed by atoms with van der Waals surface area (Å²) in [4.78, 5) is 4.75. The predicted octanol–water partition coefficient (Wildman–Crippen LogP) is 3.10. The van der Waals surface area contributed by atoms with E-state index in [0.29, 0.717) is 5.75 Å². The molecule has 5 nitrogen and oxygen atoms in total. The smallest absolute Gasteiger partial charge is 0.145 e. The van der Waals surface area contributed by atoms with E-state index in [-0.39, 0.29) is 25.6 Å². The molecule has 0 unspecified atom stereocenters. The molecule has 25 heavy (non-hydrogen) atoms. The van der Waals surface area contributed by atoms with Crippen molar-refractivity contribution in [2.45, 2.75) is 6.10 Å². The van der Waals surface area contributed by atoms with Gasteiger partial charge >= 0.3 is 0 Å². The summed E-state index contributed by atoms with van der Waals surface area (Å²) in [5.74, 6) is 0.691. The molecule has 1 atom stereocenters. The number of aromatic nitrogens is 1. The highest BCUT2D eigenvalue weighted by Crippen LogP contribution is 2.33. The van der Waals surface area contributed by atoms with E-state index >= 15 is 0 Å². The van der Waals surface area contributed by atoms with Crippen molar-refractivity contribution < 1.29 is 14.9 Å². The van der Waals surface area contributed by atoms with E-state index in [2.05, 4.69) is 5.32 Å². The number of aliphatic hydroxyl groups excluding tert-OH is 2. The molecule has 0 radical (unpaired) electrons. The second-order valence-electron chi connectivity index (χ2n) is 5.49. The normalized spacial score (nSPS) is 11.6. The number of ether oxygens (including phenoxy) is 1. The van der Waals surface area contributed by atoms with Crippen LogP contribution in [0, 0.1) is 0 Å². The number of para-hydroxylation sites is 1. The van der Waals surface area contributed by atoms with Crippen LogP contribution in [0.15, 0.2) is 54.6 Å². The summed E-state index contributed by atoms with van der Waals surface area (Å²) in [5, 5.41) is 22.7. The molecule has 0 spiro atoms. The summed E-state index contributed by atoms with van der Waals surface area (Å²) in [6.45, 7) is -0.0358. The van der Waals surface area contributed by atoms with Crippen molar-refractivity contribution in [2.24, 2.45) is 0 Å². The van der Waals surface area contributed by atoms with Crippen LogP contribution in [0.5, 0.6) is 5.75 Å². The van der Waals surface area contributed by atoms with E-state index in [1.54, 1.807) is 7.11 Å². The largest absolute Gasteiger partial charge is 0.494 e. The summed E-state index contributed by atoms with van der Waals surface area (Å²) < 4.78 is 5.44. The van der Waals surface area contributed by atoms with Gasteiger partial charge in [-0.25, -0.2) is 4.98 Å². The lowest BCUT2D eigenvalue weighted by Gasteiger charge is -2.15. The van der Waals surface area contributed by atoms with Gasteiger partial charge in [-0.3, -0.25) is 0 Å². The molecule has 6 heteroatoms. The van der Waals surface area contributed by atoms with Crippen LogP contribution in [0.2, 0.25) is 0 Å². The van der Waals surface area contributed by atoms with Crippen molar-refractivity contribution in [2.75, 3.05) is 25.6 Å². The van der Waals surface area contributed by atoms with Crippen LogP contribution in [0.25, 0.3) is 22.2 Å². The zero-order valence-corrected chi connectivity index (χ0v) is 14.7. The zero-order valence-electron chi connectivity index (χ0n) is 13.8. The molecule has 1 heterocycles. The summed E-state index contributed by atoms with van der Waals surface area (Å²) in [5.41, 5.74) is 3.40. The van der Waals surface area contributed by atoms with Crippen molar-refractivity contribution in [1.29, 1.82) is 0 Å². The second-order valence-corrected chi connectivity index (χ2v) is 5.49. The number of nitrogens with one attached hydrogen (secondary N) is 1. The summed E-state index contributed by atoms with van der Waals surface area (Å²) >= 11 is 0. The Morgan fingerprint density at radius 3 is 2.56 bits per heavy atom. The number of hydrogen-bond donors (Lipinski definition) is 3. The predicted molar refractivity (Wildman–Crippen MR) is 103 cm³/mol. The molecule has 0 aliphatic heterocycles. The molecule has 0 saturated heterocycles. The Kier molecular flexibility index (Phi) is 6.58. The highest BCUT2D eigenvalue weighted by molar-refractivity contribution is 5.97. The van der Waals surface area contributed by atoms with Gasteiger partial charge in [-0.2, -0.15) is 0 Å². The van der Waals surface area contributed by atoms with Gasteiger partial charge in [-0.15, -0.1) is 12.4 Å². The van der Waals surface area contributed by atoms with Crippen LogP contribution in [-0.4, -0.2) is 41.6 Å². The molecule has 0 amide bonds. The first-order valence-electron chi connectivity index (χ1n) is 7.79. The number of pyridine rings is 1. The molecule has 0 saturated carbocycles. The number of anilines is 1. The minimum absolute atomic E-state index is 0. The van der Waals surface area contributed by atoms with Crippen LogP contribution in [0.3, 0.4) is 0 Å². The third-order valence-electron chi connectivity index (χ3n) is 3.83. The van der Waals surface area contributed by atoms with Crippen LogP contribution in [0.4, 0.5) is 5.69 Å². The minimum Gasteiger partial charge on any atom is -0.494 e. The van der Waals surface area contributed by atoms with Gasteiger partial charge in [-0.1, -0.05) is 42.5 Å². The number of aliphatic hydroxyl groups is 2. The maximum atomic E-state index is 9.63. The van der Waals surface area contributed by atoms with Gasteiger partial charge < -0.3 is 20.3 Å². The number of rotatable bonds is 6. The summed E-state index contributed by atoms with van der Waals surface area (Å²) in [6, 6.07) is 17.6. The minimum atomic E-state index is -0.820. The summed E-state index contributed by atoms with van der Waals surface area (Å²) in [7, 11) is 1.62. The Labute approximate surface area is 152 Å². The topological polar surface area (TPSA) is 74.6 Å². The third kappa shape index (κ3) is 4.20. The van der Waals surface area contributed by atoms with Crippen LogP contribution < -0.4 is 10.1 Å². The van der Waals surface area contributed by atoms with Crippen LogP contribution >= 0.6 is 12.4 Å². The van der Waals surface area contributed by atoms with Gasteiger partial charge in [0.2, 0.25) is 0 Å². The van der Waals surface area contributed by atoms with E-state index in [1.807, 2.05) is 54.6 Å². The molecule has 0 bridgehead atoms. The Morgan fingerprint density at radius 2 is 1.88 bits per heavy atom. The first-order valence-corrected chi connectivity index (χ1v) is 7.79. The highest BCUT2D eigenvalue weighted by Gasteiger charge is 2.12. The fourth-order valence-corrected chi connectivity index (χ4v) is 2.58.